The van der Waals surface area contributed by atoms with E-state index in [1.54, 1.807) is 0 Å². The zero-order chi connectivity index (χ0) is 17.7. The average Bonchev–Trinajstić information content (AvgIpc) is 3.33. The van der Waals surface area contributed by atoms with Crippen LogP contribution in [0.4, 0.5) is 0 Å². The standard InChI is InChI=1S/C22H23N3O.ClH/c1-24-12-17-13-25(14-18(17)21(24)15-7-3-2-4-8-15)22(26)20-11-16-9-5-6-10-19(16)23-20;/h2-11,17-18,21,23H,12-14H2,1H3;1H/t17-,18+,21-;/m0./s1. The number of carbonyl (C=O) groups excluding carboxylic acids is 1. The summed E-state index contributed by atoms with van der Waals surface area (Å²) in [7, 11) is 2.21. The van der Waals surface area contributed by atoms with Crippen LogP contribution in [-0.4, -0.2) is 47.4 Å². The van der Waals surface area contributed by atoms with Crippen molar-refractivity contribution in [3.8, 4) is 0 Å². The number of fused-ring (bicyclic) bond motifs is 2. The Balaban J connectivity index is 0.00000180. The van der Waals surface area contributed by atoms with Crippen LogP contribution < -0.4 is 0 Å². The maximum absolute atomic E-state index is 13.1. The van der Waals surface area contributed by atoms with Crippen LogP contribution in [0.15, 0.2) is 60.7 Å². The molecule has 2 aliphatic heterocycles. The van der Waals surface area contributed by atoms with E-state index in [4.69, 9.17) is 0 Å². The minimum absolute atomic E-state index is 0. The number of rotatable bonds is 2. The predicted octanol–water partition coefficient (Wildman–Crippen LogP) is 3.96. The number of carbonyl (C=O) groups is 1. The molecule has 0 saturated carbocycles. The fourth-order valence-electron chi connectivity index (χ4n) is 4.93. The van der Waals surface area contributed by atoms with Crippen LogP contribution in [-0.2, 0) is 0 Å². The van der Waals surface area contributed by atoms with Crippen molar-refractivity contribution in [3.63, 3.8) is 0 Å². The minimum Gasteiger partial charge on any atom is -0.351 e. The Morgan fingerprint density at radius 1 is 1.00 bits per heavy atom. The smallest absolute Gasteiger partial charge is 0.270 e. The monoisotopic (exact) mass is 381 g/mol. The predicted molar refractivity (Wildman–Crippen MR) is 110 cm³/mol. The Labute approximate surface area is 165 Å². The summed E-state index contributed by atoms with van der Waals surface area (Å²) in [6.45, 7) is 2.75. The summed E-state index contributed by atoms with van der Waals surface area (Å²) in [5, 5.41) is 1.09. The molecular weight excluding hydrogens is 358 g/mol. The zero-order valence-corrected chi connectivity index (χ0v) is 16.2. The lowest BCUT2D eigenvalue weighted by molar-refractivity contribution is 0.0763. The van der Waals surface area contributed by atoms with Gasteiger partial charge in [-0.25, -0.2) is 0 Å². The molecule has 2 aromatic carbocycles. The van der Waals surface area contributed by atoms with Gasteiger partial charge in [0, 0.05) is 42.5 Å². The normalized spacial score (nSPS) is 24.8. The van der Waals surface area contributed by atoms with Crippen molar-refractivity contribution in [3.05, 3.63) is 71.9 Å². The number of benzene rings is 2. The van der Waals surface area contributed by atoms with E-state index in [2.05, 4.69) is 47.3 Å². The van der Waals surface area contributed by atoms with Gasteiger partial charge in [-0.05, 0) is 30.7 Å². The molecule has 0 unspecified atom stereocenters. The lowest BCUT2D eigenvalue weighted by Crippen LogP contribution is -2.33. The summed E-state index contributed by atoms with van der Waals surface area (Å²) < 4.78 is 0. The Morgan fingerprint density at radius 2 is 1.74 bits per heavy atom. The highest BCUT2D eigenvalue weighted by atomic mass is 35.5. The second kappa shape index (κ2) is 7.02. The number of aromatic amines is 1. The highest BCUT2D eigenvalue weighted by Gasteiger charge is 2.47. The Hall–Kier alpha value is -2.30. The molecule has 1 amide bonds. The van der Waals surface area contributed by atoms with Gasteiger partial charge in [0.1, 0.15) is 5.69 Å². The Kier molecular flexibility index (Phi) is 4.70. The number of hydrogen-bond acceptors (Lipinski definition) is 2. The molecule has 2 fully saturated rings. The van der Waals surface area contributed by atoms with Gasteiger partial charge in [0.2, 0.25) is 0 Å². The summed E-state index contributed by atoms with van der Waals surface area (Å²) in [5.74, 6) is 1.19. The summed E-state index contributed by atoms with van der Waals surface area (Å²) in [4.78, 5) is 20.8. The zero-order valence-electron chi connectivity index (χ0n) is 15.3. The van der Waals surface area contributed by atoms with Gasteiger partial charge in [0.05, 0.1) is 0 Å². The highest BCUT2D eigenvalue weighted by molar-refractivity contribution is 5.98. The first-order valence-corrected chi connectivity index (χ1v) is 9.33. The minimum atomic E-state index is 0. The van der Waals surface area contributed by atoms with Crippen molar-refractivity contribution in [2.45, 2.75) is 6.04 Å². The van der Waals surface area contributed by atoms with E-state index in [9.17, 15) is 4.79 Å². The largest absolute Gasteiger partial charge is 0.351 e. The van der Waals surface area contributed by atoms with E-state index in [1.807, 2.05) is 35.2 Å². The molecule has 2 saturated heterocycles. The van der Waals surface area contributed by atoms with Gasteiger partial charge in [-0.2, -0.15) is 0 Å². The fourth-order valence-corrected chi connectivity index (χ4v) is 4.93. The van der Waals surface area contributed by atoms with Crippen LogP contribution in [0.1, 0.15) is 22.1 Å². The number of halogens is 1. The number of likely N-dealkylation sites (tertiary alicyclic amines) is 2. The number of hydrogen-bond donors (Lipinski definition) is 1. The number of para-hydroxylation sites is 1. The van der Waals surface area contributed by atoms with E-state index in [0.717, 1.165) is 30.5 Å². The van der Waals surface area contributed by atoms with Gasteiger partial charge in [0.15, 0.2) is 0 Å². The SMILES string of the molecule is CN1C[C@H]2CN(C(=O)c3cc4ccccc4[nH]3)C[C@H]2[C@@H]1c1ccccc1.Cl. The van der Waals surface area contributed by atoms with Gasteiger partial charge in [0.25, 0.3) is 5.91 Å². The van der Waals surface area contributed by atoms with Gasteiger partial charge < -0.3 is 9.88 Å². The third kappa shape index (κ3) is 3.03. The van der Waals surface area contributed by atoms with Crippen LogP contribution >= 0.6 is 12.4 Å². The van der Waals surface area contributed by atoms with Gasteiger partial charge in [-0.15, -0.1) is 12.4 Å². The Morgan fingerprint density at radius 3 is 2.52 bits per heavy atom. The van der Waals surface area contributed by atoms with Crippen molar-refractivity contribution in [2.75, 3.05) is 26.7 Å². The number of nitrogens with one attached hydrogen (secondary N) is 1. The molecule has 3 atom stereocenters. The van der Waals surface area contributed by atoms with Crippen molar-refractivity contribution in [2.24, 2.45) is 11.8 Å². The molecular formula is C22H24ClN3O. The van der Waals surface area contributed by atoms with Crippen LogP contribution in [0, 0.1) is 11.8 Å². The Bertz CT molecular complexity index is 921. The average molecular weight is 382 g/mol. The van der Waals surface area contributed by atoms with E-state index in [-0.39, 0.29) is 18.3 Å². The maximum Gasteiger partial charge on any atom is 0.270 e. The molecule has 2 aliphatic rings. The summed E-state index contributed by atoms with van der Waals surface area (Å²) in [5.41, 5.74) is 3.09. The van der Waals surface area contributed by atoms with Crippen LogP contribution in [0.5, 0.6) is 0 Å². The first kappa shape index (κ1) is 18.1. The number of amides is 1. The van der Waals surface area contributed by atoms with Gasteiger partial charge in [-0.1, -0.05) is 48.5 Å². The number of H-pyrrole nitrogens is 1. The third-order valence-corrected chi connectivity index (χ3v) is 6.08. The maximum atomic E-state index is 13.1. The molecule has 140 valence electrons. The van der Waals surface area contributed by atoms with E-state index >= 15 is 0 Å². The first-order valence-electron chi connectivity index (χ1n) is 9.33. The molecule has 0 radical (unpaired) electrons. The van der Waals surface area contributed by atoms with Crippen molar-refractivity contribution < 1.29 is 4.79 Å². The third-order valence-electron chi connectivity index (χ3n) is 6.08. The molecule has 4 nitrogen and oxygen atoms in total. The number of nitrogens with zero attached hydrogens (tertiary/aromatic N) is 2. The lowest BCUT2D eigenvalue weighted by atomic mass is 9.90. The molecule has 5 rings (SSSR count). The van der Waals surface area contributed by atoms with E-state index in [0.29, 0.717) is 23.6 Å². The summed E-state index contributed by atoms with van der Waals surface area (Å²) >= 11 is 0. The quantitative estimate of drug-likeness (QED) is 0.729. The molecule has 5 heteroatoms. The molecule has 0 bridgehead atoms. The molecule has 0 aliphatic carbocycles. The first-order chi connectivity index (χ1) is 12.7. The van der Waals surface area contributed by atoms with Crippen molar-refractivity contribution in [1.82, 2.24) is 14.8 Å². The second-order valence-corrected chi connectivity index (χ2v) is 7.70. The van der Waals surface area contributed by atoms with Crippen molar-refractivity contribution >= 4 is 29.2 Å². The number of aromatic nitrogens is 1. The molecule has 3 aromatic rings. The highest BCUT2D eigenvalue weighted by Crippen LogP contribution is 2.44. The van der Waals surface area contributed by atoms with Crippen molar-refractivity contribution in [1.29, 1.82) is 0 Å². The molecule has 1 aromatic heterocycles. The molecule has 27 heavy (non-hydrogen) atoms. The lowest BCUT2D eigenvalue weighted by Gasteiger charge is -2.26. The topological polar surface area (TPSA) is 39.3 Å². The van der Waals surface area contributed by atoms with E-state index in [1.165, 1.54) is 5.56 Å². The van der Waals surface area contributed by atoms with Crippen LogP contribution in [0.3, 0.4) is 0 Å². The molecule has 0 spiro atoms. The molecule has 1 N–H and O–H groups in total. The molecule has 3 heterocycles. The van der Waals surface area contributed by atoms with Crippen LogP contribution in [0.2, 0.25) is 0 Å². The summed E-state index contributed by atoms with van der Waals surface area (Å²) in [6.07, 6.45) is 0. The fraction of sp³-hybridized carbons (Fsp3) is 0.318. The van der Waals surface area contributed by atoms with E-state index < -0.39 is 0 Å². The van der Waals surface area contributed by atoms with Crippen LogP contribution in [0.25, 0.3) is 10.9 Å². The second-order valence-electron chi connectivity index (χ2n) is 7.70. The van der Waals surface area contributed by atoms with Gasteiger partial charge >= 0.3 is 0 Å². The summed E-state index contributed by atoms with van der Waals surface area (Å²) in [6, 6.07) is 21.2. The van der Waals surface area contributed by atoms with Gasteiger partial charge in [-0.3, -0.25) is 9.69 Å².